The number of nitrogens with zero attached hydrogens (tertiary/aromatic N) is 2. The summed E-state index contributed by atoms with van der Waals surface area (Å²) in [6.07, 6.45) is -1.69. The highest BCUT2D eigenvalue weighted by Crippen LogP contribution is 2.37. The number of alkyl halides is 3. The fraction of sp³-hybridized carbons (Fsp3) is 0.250. The lowest BCUT2D eigenvalue weighted by Crippen LogP contribution is -2.08. The molecule has 0 aliphatic carbocycles. The molecule has 2 rings (SSSR count). The van der Waals surface area contributed by atoms with Gasteiger partial charge in [0.1, 0.15) is 5.69 Å². The fourth-order valence-corrected chi connectivity index (χ4v) is 3.18. The van der Waals surface area contributed by atoms with E-state index in [0.29, 0.717) is 10.6 Å². The monoisotopic (exact) mass is 356 g/mol. The molecule has 114 valence electrons. The van der Waals surface area contributed by atoms with Gasteiger partial charge in [-0.2, -0.15) is 18.3 Å². The molecule has 21 heavy (non-hydrogen) atoms. The summed E-state index contributed by atoms with van der Waals surface area (Å²) in [6, 6.07) is 1.57. The summed E-state index contributed by atoms with van der Waals surface area (Å²) in [5, 5.41) is 3.62. The lowest BCUT2D eigenvalue weighted by Gasteiger charge is -2.13. The van der Waals surface area contributed by atoms with Gasteiger partial charge in [0.15, 0.2) is 0 Å². The molecule has 2 aromatic rings. The van der Waals surface area contributed by atoms with Crippen molar-refractivity contribution in [1.82, 2.24) is 9.78 Å². The number of hydrogen-bond donors (Lipinski definition) is 0. The van der Waals surface area contributed by atoms with Gasteiger partial charge in [-0.3, -0.25) is 4.21 Å². The van der Waals surface area contributed by atoms with Crippen molar-refractivity contribution in [3.63, 3.8) is 0 Å². The van der Waals surface area contributed by atoms with Crippen molar-refractivity contribution in [2.24, 2.45) is 0 Å². The molecule has 9 heteroatoms. The van der Waals surface area contributed by atoms with Gasteiger partial charge >= 0.3 is 6.18 Å². The first-order valence-electron chi connectivity index (χ1n) is 5.57. The Morgan fingerprint density at radius 2 is 1.76 bits per heavy atom. The molecule has 0 amide bonds. The molecule has 0 bridgehead atoms. The topological polar surface area (TPSA) is 34.9 Å². The Morgan fingerprint density at radius 1 is 1.24 bits per heavy atom. The highest BCUT2D eigenvalue weighted by atomic mass is 35.5. The maximum Gasteiger partial charge on any atom is 0.416 e. The molecule has 1 aromatic heterocycles. The molecule has 1 unspecified atom stereocenters. The first-order chi connectivity index (χ1) is 9.62. The summed E-state index contributed by atoms with van der Waals surface area (Å²) in [5.41, 5.74) is -0.315. The number of hydrogen-bond acceptors (Lipinski definition) is 2. The largest absolute Gasteiger partial charge is 0.416 e. The van der Waals surface area contributed by atoms with E-state index >= 15 is 0 Å². The first kappa shape index (κ1) is 16.3. The standard InChI is InChI=1S/C12H9Cl2F3N2OS/c1-6-10(21(2)20)5-18-19(6)11-8(13)3-7(4-9(11)14)12(15,16)17/h3-5H,1-2H3. The molecule has 0 aliphatic heterocycles. The molecule has 1 aromatic carbocycles. The second-order valence-electron chi connectivity index (χ2n) is 4.25. The van der Waals surface area contributed by atoms with E-state index in [0.717, 1.165) is 12.1 Å². The summed E-state index contributed by atoms with van der Waals surface area (Å²) < 4.78 is 50.9. The third-order valence-corrected chi connectivity index (χ3v) is 4.43. The molecule has 0 saturated carbocycles. The van der Waals surface area contributed by atoms with E-state index in [4.69, 9.17) is 23.2 Å². The molecule has 1 atom stereocenters. The molecule has 0 N–H and O–H groups in total. The Hall–Kier alpha value is -1.05. The number of aromatic nitrogens is 2. The van der Waals surface area contributed by atoms with Crippen molar-refractivity contribution in [3.05, 3.63) is 39.6 Å². The second kappa shape index (κ2) is 5.62. The zero-order valence-electron chi connectivity index (χ0n) is 10.8. The van der Waals surface area contributed by atoms with Crippen molar-refractivity contribution in [2.45, 2.75) is 18.0 Å². The average molecular weight is 357 g/mol. The number of benzene rings is 1. The van der Waals surface area contributed by atoms with Crippen molar-refractivity contribution in [2.75, 3.05) is 6.26 Å². The van der Waals surface area contributed by atoms with Crippen molar-refractivity contribution in [3.8, 4) is 5.69 Å². The minimum absolute atomic E-state index is 0.125. The molecular formula is C12H9Cl2F3N2OS. The van der Waals surface area contributed by atoms with Crippen LogP contribution in [0.1, 0.15) is 11.3 Å². The average Bonchev–Trinajstić information content (AvgIpc) is 2.69. The number of rotatable bonds is 2. The summed E-state index contributed by atoms with van der Waals surface area (Å²) in [4.78, 5) is 0.460. The van der Waals surface area contributed by atoms with E-state index in [2.05, 4.69) is 5.10 Å². The van der Waals surface area contributed by atoms with E-state index in [1.165, 1.54) is 17.1 Å². The summed E-state index contributed by atoms with van der Waals surface area (Å²) in [5.74, 6) is 0. The minimum Gasteiger partial charge on any atom is -0.255 e. The Balaban J connectivity index is 2.63. The molecule has 0 aliphatic rings. The van der Waals surface area contributed by atoms with Gasteiger partial charge in [-0.15, -0.1) is 0 Å². The molecule has 0 spiro atoms. The summed E-state index contributed by atoms with van der Waals surface area (Å²) in [7, 11) is -1.27. The Kier molecular flexibility index (Phi) is 4.37. The second-order valence-corrected chi connectivity index (χ2v) is 6.41. The van der Waals surface area contributed by atoms with Crippen LogP contribution in [0.15, 0.2) is 23.2 Å². The summed E-state index contributed by atoms with van der Waals surface area (Å²) >= 11 is 11.8. The zero-order valence-corrected chi connectivity index (χ0v) is 13.2. The Bertz CT molecular complexity index is 705. The van der Waals surface area contributed by atoms with E-state index in [1.807, 2.05) is 0 Å². The van der Waals surface area contributed by atoms with Crippen LogP contribution in [-0.2, 0) is 17.0 Å². The van der Waals surface area contributed by atoms with Crippen molar-refractivity contribution in [1.29, 1.82) is 0 Å². The molecular weight excluding hydrogens is 348 g/mol. The number of halogens is 5. The molecule has 0 radical (unpaired) electrons. The van der Waals surface area contributed by atoms with Gasteiger partial charge in [-0.05, 0) is 19.1 Å². The van der Waals surface area contributed by atoms with Gasteiger partial charge in [0, 0.05) is 6.26 Å². The lowest BCUT2D eigenvalue weighted by atomic mass is 10.2. The van der Waals surface area contributed by atoms with Crippen LogP contribution in [0.3, 0.4) is 0 Å². The predicted molar refractivity (Wildman–Crippen MR) is 75.7 cm³/mol. The Morgan fingerprint density at radius 3 is 2.14 bits per heavy atom. The maximum absolute atomic E-state index is 12.7. The van der Waals surface area contributed by atoms with E-state index in [9.17, 15) is 17.4 Å². The summed E-state index contributed by atoms with van der Waals surface area (Å²) in [6.45, 7) is 1.63. The van der Waals surface area contributed by atoms with Crippen LogP contribution in [0.4, 0.5) is 13.2 Å². The van der Waals surface area contributed by atoms with Gasteiger partial charge in [-0.1, -0.05) is 23.2 Å². The smallest absolute Gasteiger partial charge is 0.255 e. The van der Waals surface area contributed by atoms with E-state index < -0.39 is 22.5 Å². The molecule has 0 saturated heterocycles. The first-order valence-corrected chi connectivity index (χ1v) is 7.89. The fourth-order valence-electron chi connectivity index (χ4n) is 1.83. The lowest BCUT2D eigenvalue weighted by molar-refractivity contribution is -0.137. The maximum atomic E-state index is 12.7. The van der Waals surface area contributed by atoms with E-state index in [-0.39, 0.29) is 15.7 Å². The zero-order chi connectivity index (χ0) is 15.9. The molecule has 1 heterocycles. The van der Waals surface area contributed by atoms with Gasteiger partial charge in [-0.25, -0.2) is 4.68 Å². The predicted octanol–water partition coefficient (Wildman–Crippen LogP) is 4.24. The SMILES string of the molecule is Cc1c(S(C)=O)cnn1-c1c(Cl)cc(C(F)(F)F)cc1Cl. The quantitative estimate of drug-likeness (QED) is 0.806. The highest BCUT2D eigenvalue weighted by Gasteiger charge is 2.32. The van der Waals surface area contributed by atoms with Crippen LogP contribution >= 0.6 is 23.2 Å². The third-order valence-electron chi connectivity index (χ3n) is 2.83. The van der Waals surface area contributed by atoms with Crippen molar-refractivity contribution >= 4 is 34.0 Å². The van der Waals surface area contributed by atoms with E-state index in [1.54, 1.807) is 6.92 Å². The van der Waals surface area contributed by atoms with Crippen LogP contribution in [0.5, 0.6) is 0 Å². The van der Waals surface area contributed by atoms with Crippen LogP contribution in [-0.4, -0.2) is 20.2 Å². The third kappa shape index (κ3) is 3.09. The van der Waals surface area contributed by atoms with Crippen LogP contribution in [0.2, 0.25) is 10.0 Å². The van der Waals surface area contributed by atoms with Gasteiger partial charge in [0.05, 0.1) is 43.2 Å². The normalized spacial score (nSPS) is 13.5. The Labute approximate surface area is 131 Å². The molecule has 0 fully saturated rings. The van der Waals surface area contributed by atoms with Crippen LogP contribution in [0, 0.1) is 6.92 Å². The highest BCUT2D eigenvalue weighted by molar-refractivity contribution is 7.84. The van der Waals surface area contributed by atoms with Crippen molar-refractivity contribution < 1.29 is 17.4 Å². The minimum atomic E-state index is -4.54. The van der Waals surface area contributed by atoms with Gasteiger partial charge in [0.25, 0.3) is 0 Å². The van der Waals surface area contributed by atoms with Gasteiger partial charge < -0.3 is 0 Å². The van der Waals surface area contributed by atoms with Crippen LogP contribution in [0.25, 0.3) is 5.69 Å². The van der Waals surface area contributed by atoms with Gasteiger partial charge in [0.2, 0.25) is 0 Å². The van der Waals surface area contributed by atoms with Crippen LogP contribution < -0.4 is 0 Å². The molecule has 3 nitrogen and oxygen atoms in total.